The summed E-state index contributed by atoms with van der Waals surface area (Å²) in [4.78, 5) is 31.1. The van der Waals surface area contributed by atoms with Crippen molar-refractivity contribution in [2.45, 2.75) is 50.9 Å². The van der Waals surface area contributed by atoms with E-state index in [1.165, 1.54) is 17.7 Å². The lowest BCUT2D eigenvalue weighted by Crippen LogP contribution is -2.49. The number of halogens is 1. The Morgan fingerprint density at radius 3 is 2.62 bits per heavy atom. The molecule has 5 heterocycles. The lowest BCUT2D eigenvalue weighted by atomic mass is 9.88. The number of hydrogen-bond donors (Lipinski definition) is 1. The first kappa shape index (κ1) is 27.1. The summed E-state index contributed by atoms with van der Waals surface area (Å²) in [6.07, 6.45) is 9.92. The van der Waals surface area contributed by atoms with Gasteiger partial charge in [0.25, 0.3) is 0 Å². The van der Waals surface area contributed by atoms with Crippen LogP contribution in [0.4, 0.5) is 9.52 Å². The molecule has 40 heavy (non-hydrogen) atoms. The van der Waals surface area contributed by atoms with Crippen LogP contribution in [0.2, 0.25) is 0 Å². The van der Waals surface area contributed by atoms with E-state index in [9.17, 15) is 14.3 Å². The second-order valence-electron chi connectivity index (χ2n) is 11.2. The minimum atomic E-state index is -0.374. The number of β-amino-alcohol motifs (C(OH)–C–C–N with tert-alkyl or cyclic N) is 1. The SMILES string of the molecule is CCC1N=C2C=CC(C3CCN(CC(=O)N4CC[C@H](O)C4)CC3)=CN2C1N(C)c1nc(-c2ccc(F)cc2)cs1. The maximum absolute atomic E-state index is 13.4. The molecule has 0 saturated carbocycles. The van der Waals surface area contributed by atoms with Crippen molar-refractivity contribution in [2.75, 3.05) is 44.7 Å². The molecule has 1 N–H and O–H groups in total. The maximum Gasteiger partial charge on any atom is 0.236 e. The molecule has 3 atom stereocenters. The number of likely N-dealkylation sites (N-methyl/N-ethyl adjacent to an activating group) is 1. The first-order valence-corrected chi connectivity index (χ1v) is 15.2. The number of fused-ring (bicyclic) bond motifs is 1. The van der Waals surface area contributed by atoms with E-state index in [1.807, 2.05) is 5.38 Å². The molecule has 2 saturated heterocycles. The van der Waals surface area contributed by atoms with Crippen molar-refractivity contribution < 1.29 is 14.3 Å². The number of carbonyl (C=O) groups is 1. The summed E-state index contributed by atoms with van der Waals surface area (Å²) in [6, 6.07) is 6.59. The summed E-state index contributed by atoms with van der Waals surface area (Å²) >= 11 is 1.59. The minimum absolute atomic E-state index is 0.0284. The highest BCUT2D eigenvalue weighted by molar-refractivity contribution is 7.14. The smallest absolute Gasteiger partial charge is 0.236 e. The molecule has 0 bridgehead atoms. The van der Waals surface area contributed by atoms with Crippen LogP contribution in [0, 0.1) is 11.7 Å². The largest absolute Gasteiger partial charge is 0.391 e. The van der Waals surface area contributed by atoms with Gasteiger partial charge < -0.3 is 19.8 Å². The molecule has 2 aromatic rings. The molecule has 6 rings (SSSR count). The fraction of sp³-hybridized carbons (Fsp3) is 0.500. The molecule has 0 aliphatic carbocycles. The average Bonchev–Trinajstić information content (AvgIpc) is 3.71. The number of likely N-dealkylation sites (tertiary alicyclic amines) is 2. The number of piperidine rings is 1. The van der Waals surface area contributed by atoms with Gasteiger partial charge in [0.1, 0.15) is 17.8 Å². The monoisotopic (exact) mass is 564 g/mol. The molecule has 2 fully saturated rings. The van der Waals surface area contributed by atoms with Crippen molar-refractivity contribution in [3.8, 4) is 11.3 Å². The summed E-state index contributed by atoms with van der Waals surface area (Å²) in [7, 11) is 2.08. The van der Waals surface area contributed by atoms with Gasteiger partial charge in [-0.15, -0.1) is 11.3 Å². The van der Waals surface area contributed by atoms with Crippen LogP contribution in [0.3, 0.4) is 0 Å². The zero-order valence-electron chi connectivity index (χ0n) is 23.1. The fourth-order valence-electron chi connectivity index (χ4n) is 6.24. The Morgan fingerprint density at radius 2 is 1.93 bits per heavy atom. The molecule has 1 aromatic carbocycles. The number of aliphatic hydroxyl groups excluding tert-OH is 1. The highest BCUT2D eigenvalue weighted by Crippen LogP contribution is 2.36. The Hall–Kier alpha value is -3.08. The summed E-state index contributed by atoms with van der Waals surface area (Å²) in [6.45, 7) is 5.53. The fourth-order valence-corrected chi connectivity index (χ4v) is 7.07. The number of hydrogen-bond acceptors (Lipinski definition) is 8. The number of amidine groups is 1. The Bertz CT molecular complexity index is 1320. The van der Waals surface area contributed by atoms with Gasteiger partial charge in [-0.1, -0.05) is 13.0 Å². The van der Waals surface area contributed by atoms with Crippen LogP contribution in [-0.2, 0) is 4.79 Å². The van der Waals surface area contributed by atoms with E-state index in [1.54, 1.807) is 28.4 Å². The van der Waals surface area contributed by atoms with Crippen LogP contribution in [0.25, 0.3) is 11.3 Å². The van der Waals surface area contributed by atoms with Gasteiger partial charge in [0.2, 0.25) is 5.91 Å². The lowest BCUT2D eigenvalue weighted by molar-refractivity contribution is -0.132. The number of nitrogens with zero attached hydrogens (tertiary/aromatic N) is 6. The van der Waals surface area contributed by atoms with Crippen LogP contribution >= 0.6 is 11.3 Å². The predicted molar refractivity (Wildman–Crippen MR) is 157 cm³/mol. The number of carbonyl (C=O) groups excluding carboxylic acids is 1. The lowest BCUT2D eigenvalue weighted by Gasteiger charge is -2.38. The van der Waals surface area contributed by atoms with Crippen molar-refractivity contribution in [3.63, 3.8) is 0 Å². The van der Waals surface area contributed by atoms with Gasteiger partial charge in [-0.3, -0.25) is 14.7 Å². The summed E-state index contributed by atoms with van der Waals surface area (Å²) in [5.74, 6) is 1.30. The van der Waals surface area contributed by atoms with Crippen LogP contribution in [0.5, 0.6) is 0 Å². The van der Waals surface area contributed by atoms with E-state index in [4.69, 9.17) is 9.98 Å². The van der Waals surface area contributed by atoms with Crippen LogP contribution in [0.15, 0.2) is 58.6 Å². The molecule has 0 spiro atoms. The maximum atomic E-state index is 13.4. The Kier molecular flexibility index (Phi) is 7.74. The van der Waals surface area contributed by atoms with Crippen molar-refractivity contribution >= 4 is 28.2 Å². The molecule has 8 nitrogen and oxygen atoms in total. The molecular formula is C30H37FN6O2S. The normalized spacial score (nSPS) is 25.2. The predicted octanol–water partition coefficient (Wildman–Crippen LogP) is 3.96. The van der Waals surface area contributed by atoms with E-state index in [0.717, 1.165) is 54.6 Å². The molecule has 1 amide bonds. The number of aromatic nitrogens is 1. The van der Waals surface area contributed by atoms with Gasteiger partial charge in [0.15, 0.2) is 5.13 Å². The van der Waals surface area contributed by atoms with Gasteiger partial charge >= 0.3 is 0 Å². The third-order valence-corrected chi connectivity index (χ3v) is 9.52. The standard InChI is InChI=1S/C30H37FN6O2S/c1-3-25-29(34(2)30-33-26(19-40-30)21-4-7-23(31)8-5-21)37-16-22(6-9-27(37)32-25)20-10-13-35(14-11-20)18-28(39)36-15-12-24(38)17-36/h4-9,16,19-20,24-25,29,38H,3,10-15,17-18H2,1-2H3/t24-,25?,29?/m0/s1. The molecule has 4 aliphatic rings. The van der Waals surface area contributed by atoms with E-state index in [0.29, 0.717) is 32.0 Å². The number of rotatable bonds is 7. The highest BCUT2D eigenvalue weighted by atomic mass is 32.1. The van der Waals surface area contributed by atoms with Crippen molar-refractivity contribution in [2.24, 2.45) is 10.9 Å². The number of benzene rings is 1. The van der Waals surface area contributed by atoms with Gasteiger partial charge in [-0.05, 0) is 80.6 Å². The number of aliphatic imine (C=N–C) groups is 1. The third-order valence-electron chi connectivity index (χ3n) is 8.59. The zero-order valence-corrected chi connectivity index (χ0v) is 23.9. The number of aliphatic hydroxyl groups is 1. The van der Waals surface area contributed by atoms with Crippen LogP contribution in [0.1, 0.15) is 32.6 Å². The molecule has 10 heteroatoms. The molecule has 1 aromatic heterocycles. The molecule has 2 unspecified atom stereocenters. The Labute approximate surface area is 239 Å². The molecule has 0 radical (unpaired) electrons. The number of thiazole rings is 1. The topological polar surface area (TPSA) is 75.5 Å². The highest BCUT2D eigenvalue weighted by Gasteiger charge is 2.39. The van der Waals surface area contributed by atoms with Crippen molar-refractivity contribution in [3.05, 3.63) is 59.4 Å². The summed E-state index contributed by atoms with van der Waals surface area (Å²) < 4.78 is 13.4. The van der Waals surface area contributed by atoms with Crippen LogP contribution < -0.4 is 4.90 Å². The van der Waals surface area contributed by atoms with Gasteiger partial charge in [0.05, 0.1) is 24.4 Å². The zero-order chi connectivity index (χ0) is 27.8. The van der Waals surface area contributed by atoms with Crippen molar-refractivity contribution in [1.29, 1.82) is 0 Å². The summed E-state index contributed by atoms with van der Waals surface area (Å²) in [5, 5.41) is 12.7. The average molecular weight is 565 g/mol. The molecule has 4 aliphatic heterocycles. The van der Waals surface area contributed by atoms with E-state index >= 15 is 0 Å². The third kappa shape index (κ3) is 5.44. The van der Waals surface area contributed by atoms with Gasteiger partial charge in [-0.25, -0.2) is 9.37 Å². The minimum Gasteiger partial charge on any atom is -0.391 e. The second-order valence-corrected chi connectivity index (χ2v) is 12.0. The number of amides is 1. The van der Waals surface area contributed by atoms with Crippen molar-refractivity contribution in [1.82, 2.24) is 19.7 Å². The number of anilines is 1. The Balaban J connectivity index is 1.12. The van der Waals surface area contributed by atoms with Gasteiger partial charge in [-0.2, -0.15) is 0 Å². The van der Waals surface area contributed by atoms with Crippen LogP contribution in [-0.4, -0.2) is 94.6 Å². The van der Waals surface area contributed by atoms with Gasteiger partial charge in [0, 0.05) is 37.3 Å². The molecule has 212 valence electrons. The first-order valence-electron chi connectivity index (χ1n) is 14.3. The quantitative estimate of drug-likeness (QED) is 0.549. The first-order chi connectivity index (χ1) is 19.4. The number of allylic oxidation sites excluding steroid dienone is 2. The van der Waals surface area contributed by atoms with E-state index in [2.05, 4.69) is 47.0 Å². The second kappa shape index (κ2) is 11.4. The summed E-state index contributed by atoms with van der Waals surface area (Å²) in [5.41, 5.74) is 3.07. The Morgan fingerprint density at radius 1 is 1.15 bits per heavy atom. The molecular weight excluding hydrogens is 527 g/mol. The van der Waals surface area contributed by atoms with E-state index in [-0.39, 0.29) is 30.0 Å². The van der Waals surface area contributed by atoms with E-state index < -0.39 is 0 Å².